The summed E-state index contributed by atoms with van der Waals surface area (Å²) in [7, 11) is 4.52. The second-order valence-electron chi connectivity index (χ2n) is 6.02. The van der Waals surface area contributed by atoms with Crippen molar-refractivity contribution in [2.24, 2.45) is 0 Å². The van der Waals surface area contributed by atoms with Crippen molar-refractivity contribution in [3.05, 3.63) is 12.7 Å². The van der Waals surface area contributed by atoms with Crippen molar-refractivity contribution in [1.29, 1.82) is 0 Å². The number of likely N-dealkylation sites (N-methyl/N-ethyl adjacent to an activating group) is 2. The van der Waals surface area contributed by atoms with Crippen molar-refractivity contribution in [2.75, 3.05) is 27.7 Å². The van der Waals surface area contributed by atoms with Crippen LogP contribution in [0.15, 0.2) is 12.7 Å². The van der Waals surface area contributed by atoms with Gasteiger partial charge in [-0.25, -0.2) is 4.79 Å². The van der Waals surface area contributed by atoms with E-state index in [-0.39, 0.29) is 18.9 Å². The van der Waals surface area contributed by atoms with Crippen LogP contribution in [0.1, 0.15) is 27.2 Å². The molecule has 126 valence electrons. The third-order valence-corrected chi connectivity index (χ3v) is 2.60. The minimum absolute atomic E-state index is 0.0534. The van der Waals surface area contributed by atoms with E-state index in [2.05, 4.69) is 6.58 Å². The second-order valence-corrected chi connectivity index (χ2v) is 6.02. The Kier molecular flexibility index (Phi) is 7.62. The van der Waals surface area contributed by atoms with Gasteiger partial charge in [-0.05, 0) is 20.8 Å². The second kappa shape index (κ2) is 8.41. The Morgan fingerprint density at radius 2 is 1.73 bits per heavy atom. The normalized spacial score (nSPS) is 12.1. The molecule has 0 bridgehead atoms. The Morgan fingerprint density at radius 1 is 1.18 bits per heavy atom. The van der Waals surface area contributed by atoms with Gasteiger partial charge in [0.1, 0.15) is 18.2 Å². The van der Waals surface area contributed by atoms with Gasteiger partial charge in [-0.1, -0.05) is 12.7 Å². The first-order valence-electron chi connectivity index (χ1n) is 6.93. The number of carbonyl (C=O) groups is 3. The summed E-state index contributed by atoms with van der Waals surface area (Å²) in [4.78, 5) is 38.5. The number of hydrogen-bond acceptors (Lipinski definition) is 5. The fourth-order valence-electron chi connectivity index (χ4n) is 1.52. The lowest BCUT2D eigenvalue weighted by Crippen LogP contribution is -2.49. The van der Waals surface area contributed by atoms with E-state index in [9.17, 15) is 14.4 Å². The molecule has 0 spiro atoms. The first kappa shape index (κ1) is 19.9. The van der Waals surface area contributed by atoms with Gasteiger partial charge < -0.3 is 14.4 Å². The topological polar surface area (TPSA) is 76.2 Å². The molecule has 1 atom stereocenters. The van der Waals surface area contributed by atoms with Crippen LogP contribution in [0.25, 0.3) is 0 Å². The van der Waals surface area contributed by atoms with E-state index in [4.69, 9.17) is 9.47 Å². The van der Waals surface area contributed by atoms with E-state index in [1.807, 2.05) is 0 Å². The molecule has 1 unspecified atom stereocenters. The molecule has 0 saturated carbocycles. The van der Waals surface area contributed by atoms with E-state index in [1.165, 1.54) is 18.0 Å². The lowest BCUT2D eigenvalue weighted by Gasteiger charge is -2.30. The molecule has 0 aliphatic heterocycles. The summed E-state index contributed by atoms with van der Waals surface area (Å²) in [5, 5.41) is 0. The molecular weight excluding hydrogens is 288 g/mol. The molecular formula is C15H26N2O5. The number of amides is 2. The van der Waals surface area contributed by atoms with Gasteiger partial charge in [-0.2, -0.15) is 0 Å². The van der Waals surface area contributed by atoms with Crippen LogP contribution in [0.2, 0.25) is 0 Å². The van der Waals surface area contributed by atoms with Crippen molar-refractivity contribution < 1.29 is 23.9 Å². The molecule has 0 aliphatic carbocycles. The van der Waals surface area contributed by atoms with Gasteiger partial charge in [-0.15, -0.1) is 0 Å². The molecule has 22 heavy (non-hydrogen) atoms. The molecule has 0 N–H and O–H groups in total. The summed E-state index contributed by atoms with van der Waals surface area (Å²) < 4.78 is 10.1. The van der Waals surface area contributed by atoms with Crippen LogP contribution in [-0.2, 0) is 19.1 Å². The van der Waals surface area contributed by atoms with Crippen LogP contribution in [-0.4, -0.2) is 67.2 Å². The van der Waals surface area contributed by atoms with Crippen molar-refractivity contribution in [3.8, 4) is 0 Å². The average molecular weight is 314 g/mol. The van der Waals surface area contributed by atoms with Gasteiger partial charge in [0, 0.05) is 21.1 Å². The number of ether oxygens (including phenoxy) is 2. The van der Waals surface area contributed by atoms with Gasteiger partial charge in [-0.3, -0.25) is 14.5 Å². The Bertz CT molecular complexity index is 426. The molecule has 0 heterocycles. The van der Waals surface area contributed by atoms with Gasteiger partial charge in [0.2, 0.25) is 5.91 Å². The number of carbonyl (C=O) groups excluding carboxylic acids is 3. The summed E-state index contributed by atoms with van der Waals surface area (Å²) >= 11 is 0. The highest BCUT2D eigenvalue weighted by atomic mass is 16.6. The lowest BCUT2D eigenvalue weighted by atomic mass is 10.1. The lowest BCUT2D eigenvalue weighted by molar-refractivity contribution is -0.147. The molecule has 7 heteroatoms. The van der Waals surface area contributed by atoms with Gasteiger partial charge in [0.15, 0.2) is 0 Å². The molecule has 0 fully saturated rings. The molecule has 0 rings (SSSR count). The van der Waals surface area contributed by atoms with Gasteiger partial charge >= 0.3 is 12.1 Å². The summed E-state index contributed by atoms with van der Waals surface area (Å²) in [6.07, 6.45) is 0.503. The van der Waals surface area contributed by atoms with E-state index < -0.39 is 23.7 Å². The standard InChI is InChI=1S/C15H26N2O5/c1-8-9-21-12(18)10-11(13(19)16(5)6)17(7)14(20)22-15(2,3)4/h8,11H,1,9-10H2,2-7H3. The summed E-state index contributed by atoms with van der Waals surface area (Å²) in [6.45, 7) is 8.66. The molecule has 2 amide bonds. The van der Waals surface area contributed by atoms with Crippen molar-refractivity contribution in [1.82, 2.24) is 9.80 Å². The highest BCUT2D eigenvalue weighted by molar-refractivity contribution is 5.89. The van der Waals surface area contributed by atoms with Crippen LogP contribution in [0.3, 0.4) is 0 Å². The largest absolute Gasteiger partial charge is 0.461 e. The first-order chi connectivity index (χ1) is 9.99. The molecule has 0 aromatic carbocycles. The minimum Gasteiger partial charge on any atom is -0.461 e. The van der Waals surface area contributed by atoms with E-state index in [0.717, 1.165) is 4.90 Å². The van der Waals surface area contributed by atoms with Crippen LogP contribution < -0.4 is 0 Å². The Hall–Kier alpha value is -2.05. The van der Waals surface area contributed by atoms with Crippen molar-refractivity contribution in [2.45, 2.75) is 38.8 Å². The van der Waals surface area contributed by atoms with Crippen LogP contribution >= 0.6 is 0 Å². The number of nitrogens with zero attached hydrogens (tertiary/aromatic N) is 2. The fourth-order valence-corrected chi connectivity index (χ4v) is 1.52. The summed E-state index contributed by atoms with van der Waals surface area (Å²) in [6, 6.07) is -0.984. The molecule has 0 radical (unpaired) electrons. The minimum atomic E-state index is -0.984. The van der Waals surface area contributed by atoms with E-state index in [0.29, 0.717) is 0 Å². The zero-order valence-corrected chi connectivity index (χ0v) is 14.2. The Morgan fingerprint density at radius 3 is 2.14 bits per heavy atom. The predicted octanol–water partition coefficient (Wildman–Crippen LogP) is 1.43. The zero-order chi connectivity index (χ0) is 17.5. The maximum Gasteiger partial charge on any atom is 0.410 e. The quantitative estimate of drug-likeness (QED) is 0.547. The smallest absolute Gasteiger partial charge is 0.410 e. The van der Waals surface area contributed by atoms with Crippen LogP contribution in [0.5, 0.6) is 0 Å². The Balaban J connectivity index is 5.06. The maximum atomic E-state index is 12.2. The van der Waals surface area contributed by atoms with Gasteiger partial charge in [0.05, 0.1) is 6.42 Å². The van der Waals surface area contributed by atoms with Crippen molar-refractivity contribution >= 4 is 18.0 Å². The molecule has 7 nitrogen and oxygen atoms in total. The number of rotatable bonds is 6. The summed E-state index contributed by atoms with van der Waals surface area (Å²) in [5.41, 5.74) is -0.694. The molecule has 0 aliphatic rings. The molecule has 0 aromatic heterocycles. The van der Waals surface area contributed by atoms with Crippen LogP contribution in [0, 0.1) is 0 Å². The van der Waals surface area contributed by atoms with Crippen LogP contribution in [0.4, 0.5) is 4.79 Å². The van der Waals surface area contributed by atoms with E-state index >= 15 is 0 Å². The molecule has 0 saturated heterocycles. The first-order valence-corrected chi connectivity index (χ1v) is 6.93. The third kappa shape index (κ3) is 7.10. The third-order valence-electron chi connectivity index (χ3n) is 2.60. The predicted molar refractivity (Wildman–Crippen MR) is 82.3 cm³/mol. The number of hydrogen-bond donors (Lipinski definition) is 0. The fraction of sp³-hybridized carbons (Fsp3) is 0.667. The van der Waals surface area contributed by atoms with E-state index in [1.54, 1.807) is 34.9 Å². The SMILES string of the molecule is C=CCOC(=O)CC(C(=O)N(C)C)N(C)C(=O)OC(C)(C)C. The molecule has 0 aromatic rings. The highest BCUT2D eigenvalue weighted by Gasteiger charge is 2.33. The zero-order valence-electron chi connectivity index (χ0n) is 14.2. The maximum absolute atomic E-state index is 12.2. The highest BCUT2D eigenvalue weighted by Crippen LogP contribution is 2.14. The summed E-state index contributed by atoms with van der Waals surface area (Å²) in [5.74, 6) is -0.973. The monoisotopic (exact) mass is 314 g/mol. The number of esters is 1. The average Bonchev–Trinajstić information content (AvgIpc) is 2.38. The van der Waals surface area contributed by atoms with Crippen molar-refractivity contribution in [3.63, 3.8) is 0 Å². The Labute approximate surface area is 131 Å². The van der Waals surface area contributed by atoms with Gasteiger partial charge in [0.25, 0.3) is 0 Å².